The van der Waals surface area contributed by atoms with Gasteiger partial charge in [-0.05, 0) is 50.1 Å². The molecule has 0 amide bonds. The van der Waals surface area contributed by atoms with Crippen molar-refractivity contribution >= 4 is 10.9 Å². The summed E-state index contributed by atoms with van der Waals surface area (Å²) in [5.74, 6) is 0. The van der Waals surface area contributed by atoms with E-state index in [0.29, 0.717) is 0 Å². The van der Waals surface area contributed by atoms with Crippen LogP contribution in [0.15, 0.2) is 60.8 Å². The molecule has 0 N–H and O–H groups in total. The largest absolute Gasteiger partial charge is 0.256 e. The highest BCUT2D eigenvalue weighted by Gasteiger charge is 2.15. The number of benzene rings is 2. The molecular weight excluding hydrogens is 306 g/mol. The third kappa shape index (κ3) is 2.72. The summed E-state index contributed by atoms with van der Waals surface area (Å²) in [6, 6.07) is 19.0. The number of aromatic nitrogens is 3. The van der Waals surface area contributed by atoms with Gasteiger partial charge in [-0.3, -0.25) is 4.98 Å². The number of hydrogen-bond donors (Lipinski definition) is 0. The van der Waals surface area contributed by atoms with E-state index < -0.39 is 0 Å². The van der Waals surface area contributed by atoms with Crippen molar-refractivity contribution < 1.29 is 0 Å². The summed E-state index contributed by atoms with van der Waals surface area (Å²) in [6.45, 7) is 6.36. The second kappa shape index (κ2) is 6.17. The average Bonchev–Trinajstić information content (AvgIpc) is 2.95. The van der Waals surface area contributed by atoms with Crippen molar-refractivity contribution in [1.29, 1.82) is 0 Å². The molecule has 0 fully saturated rings. The van der Waals surface area contributed by atoms with Gasteiger partial charge in [-0.1, -0.05) is 37.3 Å². The average molecular weight is 327 g/mol. The minimum atomic E-state index is 1.02. The van der Waals surface area contributed by atoms with Crippen molar-refractivity contribution in [3.05, 3.63) is 77.7 Å². The fourth-order valence-electron chi connectivity index (χ4n) is 3.39. The number of pyridine rings is 1. The first-order chi connectivity index (χ1) is 12.2. The summed E-state index contributed by atoms with van der Waals surface area (Å²) in [5.41, 5.74) is 7.89. The number of aryl methyl sites for hydroxylation is 2. The van der Waals surface area contributed by atoms with Gasteiger partial charge in [0.25, 0.3) is 0 Å². The molecular formula is C22H21N3. The van der Waals surface area contributed by atoms with Crippen LogP contribution in [0.2, 0.25) is 0 Å². The minimum absolute atomic E-state index is 1.02. The van der Waals surface area contributed by atoms with Crippen LogP contribution < -0.4 is 0 Å². The van der Waals surface area contributed by atoms with Crippen LogP contribution in [0.1, 0.15) is 23.9 Å². The lowest BCUT2D eigenvalue weighted by Gasteiger charge is -2.07. The van der Waals surface area contributed by atoms with E-state index in [2.05, 4.69) is 62.2 Å². The van der Waals surface area contributed by atoms with Gasteiger partial charge in [-0.2, -0.15) is 5.10 Å². The van der Waals surface area contributed by atoms with Crippen molar-refractivity contribution in [1.82, 2.24) is 14.8 Å². The van der Waals surface area contributed by atoms with Crippen LogP contribution in [0.3, 0.4) is 0 Å². The molecule has 3 heteroatoms. The Morgan fingerprint density at radius 1 is 0.960 bits per heavy atom. The van der Waals surface area contributed by atoms with Gasteiger partial charge in [-0.25, -0.2) is 4.68 Å². The van der Waals surface area contributed by atoms with E-state index in [1.165, 1.54) is 5.56 Å². The molecule has 0 atom stereocenters. The third-order valence-corrected chi connectivity index (χ3v) is 4.76. The van der Waals surface area contributed by atoms with Crippen LogP contribution in [0, 0.1) is 13.8 Å². The monoisotopic (exact) mass is 327 g/mol. The number of rotatable bonds is 3. The molecule has 2 aromatic heterocycles. The molecule has 4 rings (SSSR count). The Hall–Kier alpha value is -2.94. The molecule has 0 spiro atoms. The standard InChI is InChI=1S/C22H21N3/c1-4-17-9-11-20(12-10-17)25-16(3)22(15(2)24-25)19-13-18-7-5-6-8-21(18)23-14-19/h5-14H,4H2,1-3H3. The van der Waals surface area contributed by atoms with Gasteiger partial charge in [0.1, 0.15) is 0 Å². The molecule has 0 aliphatic rings. The van der Waals surface area contributed by atoms with E-state index >= 15 is 0 Å². The Kier molecular flexibility index (Phi) is 3.85. The predicted molar refractivity (Wildman–Crippen MR) is 103 cm³/mol. The molecule has 2 heterocycles. The molecule has 2 aromatic carbocycles. The van der Waals surface area contributed by atoms with Gasteiger partial charge in [0, 0.05) is 28.4 Å². The highest BCUT2D eigenvalue weighted by molar-refractivity contribution is 5.84. The fourth-order valence-corrected chi connectivity index (χ4v) is 3.39. The Balaban J connectivity index is 1.83. The fraction of sp³-hybridized carbons (Fsp3) is 0.182. The maximum Gasteiger partial charge on any atom is 0.0702 e. The lowest BCUT2D eigenvalue weighted by atomic mass is 10.0. The van der Waals surface area contributed by atoms with Crippen molar-refractivity contribution in [3.8, 4) is 16.8 Å². The van der Waals surface area contributed by atoms with Crippen molar-refractivity contribution in [2.45, 2.75) is 27.2 Å². The zero-order chi connectivity index (χ0) is 17.4. The van der Waals surface area contributed by atoms with Gasteiger partial charge in [0.05, 0.1) is 16.9 Å². The molecule has 25 heavy (non-hydrogen) atoms. The smallest absolute Gasteiger partial charge is 0.0702 e. The molecule has 0 saturated heterocycles. The lowest BCUT2D eigenvalue weighted by molar-refractivity contribution is 0.833. The van der Waals surface area contributed by atoms with Crippen molar-refractivity contribution in [2.24, 2.45) is 0 Å². The van der Waals surface area contributed by atoms with Crippen molar-refractivity contribution in [2.75, 3.05) is 0 Å². The molecule has 0 bridgehead atoms. The summed E-state index contributed by atoms with van der Waals surface area (Å²) in [5, 5.41) is 5.93. The number of fused-ring (bicyclic) bond motifs is 1. The normalized spacial score (nSPS) is 11.2. The Bertz CT molecular complexity index is 1040. The quantitative estimate of drug-likeness (QED) is 0.513. The van der Waals surface area contributed by atoms with Crippen LogP contribution in [0.25, 0.3) is 27.7 Å². The molecule has 3 nitrogen and oxygen atoms in total. The third-order valence-electron chi connectivity index (χ3n) is 4.76. The SMILES string of the molecule is CCc1ccc(-n2nc(C)c(-c3cnc4ccccc4c3)c2C)cc1. The molecule has 0 saturated carbocycles. The highest BCUT2D eigenvalue weighted by Crippen LogP contribution is 2.30. The van der Waals surface area contributed by atoms with Crippen LogP contribution in [0.5, 0.6) is 0 Å². The van der Waals surface area contributed by atoms with Crippen LogP contribution in [-0.2, 0) is 6.42 Å². The molecule has 0 unspecified atom stereocenters. The first-order valence-corrected chi connectivity index (χ1v) is 8.68. The first-order valence-electron chi connectivity index (χ1n) is 8.68. The zero-order valence-corrected chi connectivity index (χ0v) is 14.8. The van der Waals surface area contributed by atoms with Gasteiger partial charge in [0.2, 0.25) is 0 Å². The molecule has 0 aliphatic carbocycles. The van der Waals surface area contributed by atoms with Crippen molar-refractivity contribution in [3.63, 3.8) is 0 Å². The van der Waals surface area contributed by atoms with E-state index in [9.17, 15) is 0 Å². The minimum Gasteiger partial charge on any atom is -0.256 e. The summed E-state index contributed by atoms with van der Waals surface area (Å²) >= 11 is 0. The van der Waals surface area contributed by atoms with Gasteiger partial charge >= 0.3 is 0 Å². The highest BCUT2D eigenvalue weighted by atomic mass is 15.3. The van der Waals surface area contributed by atoms with E-state index in [0.717, 1.165) is 45.5 Å². The second-order valence-corrected chi connectivity index (χ2v) is 6.39. The molecule has 124 valence electrons. The van der Waals surface area contributed by atoms with Crippen LogP contribution in [0.4, 0.5) is 0 Å². The summed E-state index contributed by atoms with van der Waals surface area (Å²) in [6.07, 6.45) is 3.00. The van der Waals surface area contributed by atoms with E-state index in [1.54, 1.807) is 0 Å². The Morgan fingerprint density at radius 2 is 1.72 bits per heavy atom. The molecule has 4 aromatic rings. The Labute approximate surface area is 148 Å². The van der Waals surface area contributed by atoms with E-state index in [-0.39, 0.29) is 0 Å². The number of para-hydroxylation sites is 1. The molecule has 0 radical (unpaired) electrons. The zero-order valence-electron chi connectivity index (χ0n) is 14.8. The van der Waals surface area contributed by atoms with Gasteiger partial charge < -0.3 is 0 Å². The van der Waals surface area contributed by atoms with E-state index in [4.69, 9.17) is 5.10 Å². The topological polar surface area (TPSA) is 30.7 Å². The summed E-state index contributed by atoms with van der Waals surface area (Å²) in [4.78, 5) is 4.61. The van der Waals surface area contributed by atoms with Crippen LogP contribution >= 0.6 is 0 Å². The van der Waals surface area contributed by atoms with Crippen LogP contribution in [-0.4, -0.2) is 14.8 Å². The molecule has 0 aliphatic heterocycles. The second-order valence-electron chi connectivity index (χ2n) is 6.39. The maximum absolute atomic E-state index is 4.78. The van der Waals surface area contributed by atoms with E-state index in [1.807, 2.05) is 29.1 Å². The van der Waals surface area contributed by atoms with Gasteiger partial charge in [-0.15, -0.1) is 0 Å². The maximum atomic E-state index is 4.78. The number of hydrogen-bond acceptors (Lipinski definition) is 2. The van der Waals surface area contributed by atoms with Gasteiger partial charge in [0.15, 0.2) is 0 Å². The Morgan fingerprint density at radius 3 is 2.48 bits per heavy atom. The lowest BCUT2D eigenvalue weighted by Crippen LogP contribution is -1.99. The number of nitrogens with zero attached hydrogens (tertiary/aromatic N) is 3. The first kappa shape index (κ1) is 15.6. The summed E-state index contributed by atoms with van der Waals surface area (Å²) < 4.78 is 2.03. The summed E-state index contributed by atoms with van der Waals surface area (Å²) in [7, 11) is 0. The predicted octanol–water partition coefficient (Wildman–Crippen LogP) is 5.27.